The highest BCUT2D eigenvalue weighted by Crippen LogP contribution is 2.35. The third-order valence-electron chi connectivity index (χ3n) is 6.45. The van der Waals surface area contributed by atoms with Crippen LogP contribution in [0.2, 0.25) is 0 Å². The van der Waals surface area contributed by atoms with E-state index in [1.54, 1.807) is 6.20 Å². The number of fused-ring (bicyclic) bond motifs is 2. The van der Waals surface area contributed by atoms with E-state index in [0.717, 1.165) is 54.1 Å². The molecule has 0 aliphatic heterocycles. The van der Waals surface area contributed by atoms with Gasteiger partial charge in [0.2, 0.25) is 0 Å². The molecule has 3 heterocycles. The van der Waals surface area contributed by atoms with Crippen molar-refractivity contribution in [3.05, 3.63) is 102 Å². The Kier molecular flexibility index (Phi) is 6.56. The standard InChI is InChI=1S/C27H25N5O.BrH/c1-2-8-23-22(7-1)30-26(31-23)17-32(24-9-3-5-21-6-4-14-29-27(21)24)16-19-10-12-20(13-11-19)25-15-28-18-33-25;/h1-2,4,6-8,10-15,18,24H,3,5,9,16-17H2,(H,30,31);1H. The number of benzene rings is 2. The minimum Gasteiger partial charge on any atom is -0.444 e. The smallest absolute Gasteiger partial charge is 0.181 e. The summed E-state index contributed by atoms with van der Waals surface area (Å²) in [6, 6.07) is 21.3. The van der Waals surface area contributed by atoms with Gasteiger partial charge in [-0.25, -0.2) is 9.97 Å². The van der Waals surface area contributed by atoms with Gasteiger partial charge in [0, 0.05) is 18.3 Å². The van der Waals surface area contributed by atoms with Crippen LogP contribution in [0.4, 0.5) is 0 Å². The fourth-order valence-electron chi connectivity index (χ4n) is 4.86. The lowest BCUT2D eigenvalue weighted by atomic mass is 9.90. The van der Waals surface area contributed by atoms with Crippen LogP contribution in [-0.4, -0.2) is 24.8 Å². The molecule has 1 atom stereocenters. The van der Waals surface area contributed by atoms with Crippen LogP contribution < -0.4 is 0 Å². The van der Waals surface area contributed by atoms with Crippen molar-refractivity contribution in [2.45, 2.75) is 38.4 Å². The van der Waals surface area contributed by atoms with Crippen molar-refractivity contribution in [3.8, 4) is 11.3 Å². The molecule has 6 nitrogen and oxygen atoms in total. The molecule has 0 saturated carbocycles. The highest BCUT2D eigenvalue weighted by atomic mass is 79.9. The summed E-state index contributed by atoms with van der Waals surface area (Å²) < 4.78 is 5.44. The first-order valence-electron chi connectivity index (χ1n) is 11.4. The maximum Gasteiger partial charge on any atom is 0.181 e. The number of aromatic amines is 1. The molecular weight excluding hydrogens is 490 g/mol. The van der Waals surface area contributed by atoms with Gasteiger partial charge >= 0.3 is 0 Å². The Morgan fingerprint density at radius 2 is 1.88 bits per heavy atom. The molecular formula is C27H26BrN5O. The van der Waals surface area contributed by atoms with E-state index in [4.69, 9.17) is 14.4 Å². The molecule has 1 aliphatic rings. The largest absolute Gasteiger partial charge is 0.444 e. The van der Waals surface area contributed by atoms with Crippen molar-refractivity contribution < 1.29 is 4.42 Å². The van der Waals surface area contributed by atoms with Crippen LogP contribution in [0.3, 0.4) is 0 Å². The zero-order valence-corrected chi connectivity index (χ0v) is 20.4. The maximum atomic E-state index is 5.44. The molecule has 1 aliphatic carbocycles. The Morgan fingerprint density at radius 3 is 2.71 bits per heavy atom. The molecule has 0 bridgehead atoms. The number of halogens is 1. The van der Waals surface area contributed by atoms with Gasteiger partial charge in [0.25, 0.3) is 0 Å². The lowest BCUT2D eigenvalue weighted by Gasteiger charge is -2.34. The molecule has 5 aromatic rings. The molecule has 1 N–H and O–H groups in total. The third kappa shape index (κ3) is 4.54. The van der Waals surface area contributed by atoms with Crippen LogP contribution in [0.15, 0.2) is 83.9 Å². The molecule has 2 aromatic carbocycles. The van der Waals surface area contributed by atoms with E-state index in [0.29, 0.717) is 0 Å². The summed E-state index contributed by atoms with van der Waals surface area (Å²) in [4.78, 5) is 19.7. The second-order valence-electron chi connectivity index (χ2n) is 8.62. The number of hydrogen-bond donors (Lipinski definition) is 1. The van der Waals surface area contributed by atoms with Crippen molar-refractivity contribution in [3.63, 3.8) is 0 Å². The molecule has 172 valence electrons. The summed E-state index contributed by atoms with van der Waals surface area (Å²) in [6.45, 7) is 1.55. The Hall–Kier alpha value is -3.29. The van der Waals surface area contributed by atoms with Crippen molar-refractivity contribution >= 4 is 28.0 Å². The second kappa shape index (κ2) is 9.91. The average Bonchev–Trinajstić information content (AvgIpc) is 3.54. The Balaban J connectivity index is 0.00000241. The predicted octanol–water partition coefficient (Wildman–Crippen LogP) is 6.27. The maximum absolute atomic E-state index is 5.44. The van der Waals surface area contributed by atoms with Gasteiger partial charge in [0.15, 0.2) is 12.2 Å². The van der Waals surface area contributed by atoms with E-state index in [1.165, 1.54) is 29.6 Å². The molecule has 6 rings (SSSR count). The van der Waals surface area contributed by atoms with Gasteiger partial charge in [-0.3, -0.25) is 9.88 Å². The van der Waals surface area contributed by atoms with Crippen LogP contribution in [-0.2, 0) is 19.5 Å². The highest BCUT2D eigenvalue weighted by Gasteiger charge is 2.28. The normalized spacial score (nSPS) is 15.3. The summed E-state index contributed by atoms with van der Waals surface area (Å²) in [5.74, 6) is 1.77. The Bertz CT molecular complexity index is 1330. The molecule has 0 radical (unpaired) electrons. The summed E-state index contributed by atoms with van der Waals surface area (Å²) in [5, 5.41) is 0. The van der Waals surface area contributed by atoms with Gasteiger partial charge in [0.05, 0.1) is 35.5 Å². The number of rotatable bonds is 6. The van der Waals surface area contributed by atoms with Crippen LogP contribution in [0.1, 0.15) is 41.5 Å². The van der Waals surface area contributed by atoms with Gasteiger partial charge in [0.1, 0.15) is 5.82 Å². The SMILES string of the molecule is Br.c1cnc2c(c1)CCCC2N(Cc1ccc(-c2cnco2)cc1)Cc1nc2ccccc2[nH]1. The zero-order chi connectivity index (χ0) is 22.0. The van der Waals surface area contributed by atoms with Crippen LogP contribution >= 0.6 is 17.0 Å². The number of imidazole rings is 1. The number of pyridine rings is 1. The summed E-state index contributed by atoms with van der Waals surface area (Å²) in [6.07, 6.45) is 8.50. The van der Waals surface area contributed by atoms with Gasteiger partial charge < -0.3 is 9.40 Å². The minimum atomic E-state index is 0. The first-order valence-corrected chi connectivity index (χ1v) is 11.4. The number of H-pyrrole nitrogens is 1. The fourth-order valence-corrected chi connectivity index (χ4v) is 4.86. The molecule has 0 fully saturated rings. The highest BCUT2D eigenvalue weighted by molar-refractivity contribution is 8.93. The van der Waals surface area contributed by atoms with E-state index in [1.807, 2.05) is 24.4 Å². The molecule has 0 amide bonds. The summed E-state index contributed by atoms with van der Waals surface area (Å²) >= 11 is 0. The molecule has 1 unspecified atom stereocenters. The van der Waals surface area contributed by atoms with Gasteiger partial charge in [-0.1, -0.05) is 42.5 Å². The van der Waals surface area contributed by atoms with Crippen LogP contribution in [0.25, 0.3) is 22.4 Å². The van der Waals surface area contributed by atoms with Gasteiger partial charge in [-0.2, -0.15) is 0 Å². The third-order valence-corrected chi connectivity index (χ3v) is 6.45. The first-order chi connectivity index (χ1) is 16.3. The minimum absolute atomic E-state index is 0. The fraction of sp³-hybridized carbons (Fsp3) is 0.222. The van der Waals surface area contributed by atoms with E-state index < -0.39 is 0 Å². The van der Waals surface area contributed by atoms with Crippen LogP contribution in [0, 0.1) is 0 Å². The van der Waals surface area contributed by atoms with E-state index in [9.17, 15) is 0 Å². The predicted molar refractivity (Wildman–Crippen MR) is 138 cm³/mol. The van der Waals surface area contributed by atoms with Crippen molar-refractivity contribution in [2.24, 2.45) is 0 Å². The topological polar surface area (TPSA) is 70.8 Å². The molecule has 0 saturated heterocycles. The number of hydrogen-bond acceptors (Lipinski definition) is 5. The number of nitrogens with one attached hydrogen (secondary N) is 1. The van der Waals surface area contributed by atoms with Crippen molar-refractivity contribution in [1.82, 2.24) is 24.8 Å². The molecule has 3 aromatic heterocycles. The number of aromatic nitrogens is 4. The van der Waals surface area contributed by atoms with Crippen LogP contribution in [0.5, 0.6) is 0 Å². The first kappa shape index (κ1) is 22.5. The number of para-hydroxylation sites is 2. The van der Waals surface area contributed by atoms with Crippen molar-refractivity contribution in [2.75, 3.05) is 0 Å². The lowest BCUT2D eigenvalue weighted by Crippen LogP contribution is -2.31. The average molecular weight is 516 g/mol. The summed E-state index contributed by atoms with van der Waals surface area (Å²) in [5.41, 5.74) is 6.93. The number of oxazole rings is 1. The quantitative estimate of drug-likeness (QED) is 0.288. The Morgan fingerprint density at radius 1 is 1.00 bits per heavy atom. The zero-order valence-electron chi connectivity index (χ0n) is 18.7. The molecule has 0 spiro atoms. The van der Waals surface area contributed by atoms with E-state index in [2.05, 4.69) is 57.3 Å². The van der Waals surface area contributed by atoms with Crippen molar-refractivity contribution in [1.29, 1.82) is 0 Å². The number of nitrogens with zero attached hydrogens (tertiary/aromatic N) is 4. The molecule has 7 heteroatoms. The second-order valence-corrected chi connectivity index (χ2v) is 8.62. The van der Waals surface area contributed by atoms with E-state index in [-0.39, 0.29) is 23.0 Å². The molecule has 34 heavy (non-hydrogen) atoms. The lowest BCUT2D eigenvalue weighted by molar-refractivity contribution is 0.153. The summed E-state index contributed by atoms with van der Waals surface area (Å²) in [7, 11) is 0. The van der Waals surface area contributed by atoms with Gasteiger partial charge in [-0.05, 0) is 48.6 Å². The van der Waals surface area contributed by atoms with E-state index >= 15 is 0 Å². The monoisotopic (exact) mass is 515 g/mol. The van der Waals surface area contributed by atoms with Gasteiger partial charge in [-0.15, -0.1) is 17.0 Å². The Labute approximate surface area is 208 Å². The number of aryl methyl sites for hydroxylation is 1.